The molecule has 0 aromatic heterocycles. The highest BCUT2D eigenvalue weighted by molar-refractivity contribution is 5.41. The number of nitrogens with one attached hydrogen (secondary N) is 1. The van der Waals surface area contributed by atoms with Crippen LogP contribution in [-0.4, -0.2) is 0 Å². The zero-order chi connectivity index (χ0) is 11.8. The van der Waals surface area contributed by atoms with E-state index < -0.39 is 0 Å². The van der Waals surface area contributed by atoms with Crippen molar-refractivity contribution in [2.75, 3.05) is 0 Å². The van der Waals surface area contributed by atoms with E-state index >= 15 is 0 Å². The first-order valence-corrected chi connectivity index (χ1v) is 5.52. The molecule has 1 atom stereocenters. The van der Waals surface area contributed by atoms with E-state index in [4.69, 9.17) is 0 Å². The van der Waals surface area contributed by atoms with E-state index in [0.717, 1.165) is 11.1 Å². The van der Waals surface area contributed by atoms with Crippen molar-refractivity contribution in [1.29, 1.82) is 0 Å². The van der Waals surface area contributed by atoms with E-state index in [2.05, 4.69) is 5.32 Å². The van der Waals surface area contributed by atoms with Crippen molar-refractivity contribution in [2.24, 2.45) is 0 Å². The maximum absolute atomic E-state index is 13.8. The van der Waals surface area contributed by atoms with E-state index in [-0.39, 0.29) is 17.7 Å². The zero-order valence-electron chi connectivity index (χ0n) is 9.08. The lowest BCUT2D eigenvalue weighted by atomic mass is 9.98. The summed E-state index contributed by atoms with van der Waals surface area (Å²) in [4.78, 5) is 0. The van der Waals surface area contributed by atoms with Gasteiger partial charge in [-0.15, -0.1) is 0 Å². The van der Waals surface area contributed by atoms with Crippen molar-refractivity contribution in [2.45, 2.75) is 12.6 Å². The Morgan fingerprint density at radius 2 is 1.88 bits per heavy atom. The van der Waals surface area contributed by atoms with Crippen LogP contribution in [-0.2, 0) is 6.54 Å². The Balaban J connectivity index is 2.09. The highest BCUT2D eigenvalue weighted by atomic mass is 19.1. The zero-order valence-corrected chi connectivity index (χ0v) is 9.08. The summed E-state index contributed by atoms with van der Waals surface area (Å²) >= 11 is 0. The van der Waals surface area contributed by atoms with Crippen molar-refractivity contribution in [3.63, 3.8) is 0 Å². The fourth-order valence-corrected chi connectivity index (χ4v) is 2.34. The van der Waals surface area contributed by atoms with Crippen LogP contribution >= 0.6 is 0 Å². The van der Waals surface area contributed by atoms with Gasteiger partial charge in [0.1, 0.15) is 11.6 Å². The first-order chi connectivity index (χ1) is 8.25. The second-order valence-electron chi connectivity index (χ2n) is 4.18. The first kappa shape index (κ1) is 10.4. The number of hydrogen-bond acceptors (Lipinski definition) is 1. The van der Waals surface area contributed by atoms with Crippen molar-refractivity contribution in [3.8, 4) is 0 Å². The molecule has 1 N–H and O–H groups in total. The van der Waals surface area contributed by atoms with Crippen molar-refractivity contribution >= 4 is 0 Å². The van der Waals surface area contributed by atoms with Gasteiger partial charge in [-0.3, -0.25) is 0 Å². The second kappa shape index (κ2) is 3.93. The highest BCUT2D eigenvalue weighted by Crippen LogP contribution is 2.32. The number of halogens is 2. The average molecular weight is 231 g/mol. The monoisotopic (exact) mass is 231 g/mol. The van der Waals surface area contributed by atoms with Crippen LogP contribution in [0.2, 0.25) is 0 Å². The van der Waals surface area contributed by atoms with Gasteiger partial charge in [0.05, 0.1) is 6.04 Å². The average Bonchev–Trinajstić information content (AvgIpc) is 2.74. The lowest BCUT2D eigenvalue weighted by Crippen LogP contribution is -2.14. The molecule has 0 amide bonds. The van der Waals surface area contributed by atoms with Gasteiger partial charge < -0.3 is 5.32 Å². The summed E-state index contributed by atoms with van der Waals surface area (Å²) in [5.41, 5.74) is 2.34. The predicted molar refractivity (Wildman–Crippen MR) is 61.5 cm³/mol. The number of rotatable bonds is 1. The molecular formula is C14H11F2N. The molecule has 1 nitrogen and oxygen atoms in total. The van der Waals surface area contributed by atoms with Crippen LogP contribution in [0.1, 0.15) is 22.7 Å². The standard InChI is InChI=1S/C14H11F2N/c15-11-5-1-3-9(7-11)14-13-10(8-17-14)4-2-6-12(13)16/h1-7,14,17H,8H2. The van der Waals surface area contributed by atoms with Gasteiger partial charge in [-0.05, 0) is 29.3 Å². The van der Waals surface area contributed by atoms with Crippen LogP contribution in [0.15, 0.2) is 42.5 Å². The van der Waals surface area contributed by atoms with Gasteiger partial charge in [0.15, 0.2) is 0 Å². The van der Waals surface area contributed by atoms with Crippen LogP contribution in [0.5, 0.6) is 0 Å². The third-order valence-corrected chi connectivity index (χ3v) is 3.11. The molecular weight excluding hydrogens is 220 g/mol. The molecule has 0 fully saturated rings. The number of benzene rings is 2. The summed E-state index contributed by atoms with van der Waals surface area (Å²) in [5.74, 6) is -0.532. The molecule has 0 aliphatic carbocycles. The second-order valence-corrected chi connectivity index (χ2v) is 4.18. The molecule has 17 heavy (non-hydrogen) atoms. The molecule has 0 spiro atoms. The van der Waals surface area contributed by atoms with Gasteiger partial charge in [0.2, 0.25) is 0 Å². The van der Waals surface area contributed by atoms with Gasteiger partial charge in [-0.1, -0.05) is 24.3 Å². The summed E-state index contributed by atoms with van der Waals surface area (Å²) < 4.78 is 27.0. The molecule has 3 rings (SSSR count). The van der Waals surface area contributed by atoms with Gasteiger partial charge in [0, 0.05) is 12.1 Å². The van der Waals surface area contributed by atoms with Gasteiger partial charge in [-0.2, -0.15) is 0 Å². The summed E-state index contributed by atoms with van der Waals surface area (Å²) in [6.07, 6.45) is 0. The van der Waals surface area contributed by atoms with E-state index in [1.807, 2.05) is 12.1 Å². The highest BCUT2D eigenvalue weighted by Gasteiger charge is 2.26. The fraction of sp³-hybridized carbons (Fsp3) is 0.143. The Morgan fingerprint density at radius 1 is 1.06 bits per heavy atom. The molecule has 1 aliphatic rings. The van der Waals surface area contributed by atoms with Crippen LogP contribution in [0.4, 0.5) is 8.78 Å². The van der Waals surface area contributed by atoms with E-state index in [9.17, 15) is 8.78 Å². The van der Waals surface area contributed by atoms with E-state index in [0.29, 0.717) is 12.1 Å². The van der Waals surface area contributed by atoms with Crippen LogP contribution < -0.4 is 5.32 Å². The molecule has 0 radical (unpaired) electrons. The van der Waals surface area contributed by atoms with Gasteiger partial charge >= 0.3 is 0 Å². The number of fused-ring (bicyclic) bond motifs is 1. The maximum Gasteiger partial charge on any atom is 0.128 e. The van der Waals surface area contributed by atoms with Crippen molar-refractivity contribution < 1.29 is 8.78 Å². The van der Waals surface area contributed by atoms with Gasteiger partial charge in [-0.25, -0.2) is 8.78 Å². The van der Waals surface area contributed by atoms with Crippen LogP contribution in [0, 0.1) is 11.6 Å². The number of hydrogen-bond donors (Lipinski definition) is 1. The molecule has 2 aromatic carbocycles. The smallest absolute Gasteiger partial charge is 0.128 e. The molecule has 0 saturated heterocycles. The summed E-state index contributed by atoms with van der Waals surface area (Å²) in [5, 5.41) is 3.20. The molecule has 3 heteroatoms. The lowest BCUT2D eigenvalue weighted by Gasteiger charge is -2.13. The minimum atomic E-state index is -0.297. The Bertz CT molecular complexity index is 566. The lowest BCUT2D eigenvalue weighted by molar-refractivity contribution is 0.580. The maximum atomic E-state index is 13.8. The largest absolute Gasteiger partial charge is 0.302 e. The van der Waals surface area contributed by atoms with Gasteiger partial charge in [0.25, 0.3) is 0 Å². The summed E-state index contributed by atoms with van der Waals surface area (Å²) in [7, 11) is 0. The summed E-state index contributed by atoms with van der Waals surface area (Å²) in [6, 6.07) is 11.1. The minimum absolute atomic E-state index is 0.234. The summed E-state index contributed by atoms with van der Waals surface area (Å²) in [6.45, 7) is 0.619. The van der Waals surface area contributed by atoms with Crippen molar-refractivity contribution in [1.82, 2.24) is 5.32 Å². The van der Waals surface area contributed by atoms with Crippen LogP contribution in [0.25, 0.3) is 0 Å². The Kier molecular flexibility index (Phi) is 2.41. The van der Waals surface area contributed by atoms with E-state index in [1.54, 1.807) is 12.1 Å². The third-order valence-electron chi connectivity index (χ3n) is 3.11. The predicted octanol–water partition coefficient (Wildman–Crippen LogP) is 3.16. The Morgan fingerprint density at radius 3 is 2.71 bits per heavy atom. The molecule has 1 unspecified atom stereocenters. The Labute approximate surface area is 98.1 Å². The first-order valence-electron chi connectivity index (χ1n) is 5.52. The third kappa shape index (κ3) is 1.72. The molecule has 86 valence electrons. The fourth-order valence-electron chi connectivity index (χ4n) is 2.34. The topological polar surface area (TPSA) is 12.0 Å². The van der Waals surface area contributed by atoms with E-state index in [1.165, 1.54) is 18.2 Å². The molecule has 0 saturated carbocycles. The minimum Gasteiger partial charge on any atom is -0.302 e. The SMILES string of the molecule is Fc1cccc(C2NCc3cccc(F)c32)c1. The molecule has 0 bridgehead atoms. The molecule has 1 heterocycles. The Hall–Kier alpha value is -1.74. The molecule has 2 aromatic rings. The van der Waals surface area contributed by atoms with Crippen LogP contribution in [0.3, 0.4) is 0 Å². The quantitative estimate of drug-likeness (QED) is 0.795. The van der Waals surface area contributed by atoms with Crippen molar-refractivity contribution in [3.05, 3.63) is 70.8 Å². The normalized spacial score (nSPS) is 18.1. The molecule has 1 aliphatic heterocycles.